The molecule has 0 aromatic carbocycles. The molecule has 0 bridgehead atoms. The molecule has 0 atom stereocenters. The van der Waals surface area contributed by atoms with Crippen molar-refractivity contribution in [3.63, 3.8) is 0 Å². The maximum Gasteiger partial charge on any atom is 0.174 e. The van der Waals surface area contributed by atoms with Crippen LogP contribution in [0.15, 0.2) is 53.3 Å². The van der Waals surface area contributed by atoms with E-state index in [9.17, 15) is 0 Å². The Labute approximate surface area is 145 Å². The van der Waals surface area contributed by atoms with Crippen molar-refractivity contribution in [2.75, 3.05) is 13.6 Å². The third-order valence-corrected chi connectivity index (χ3v) is 5.14. The Morgan fingerprint density at radius 2 is 2.08 bits per heavy atom. The highest BCUT2D eigenvalue weighted by Crippen LogP contribution is 2.31. The van der Waals surface area contributed by atoms with Crippen LogP contribution >= 0.6 is 11.8 Å². The minimum absolute atomic E-state index is 0.705. The molecule has 0 radical (unpaired) electrons. The van der Waals surface area contributed by atoms with Crippen molar-refractivity contribution in [3.8, 4) is 0 Å². The predicted molar refractivity (Wildman–Crippen MR) is 91.8 cm³/mol. The molecule has 0 saturated heterocycles. The van der Waals surface area contributed by atoms with Crippen molar-refractivity contribution >= 4 is 11.8 Å². The third-order valence-electron chi connectivity index (χ3n) is 4.08. The molecule has 1 aliphatic heterocycles. The van der Waals surface area contributed by atoms with E-state index in [4.69, 9.17) is 0 Å². The van der Waals surface area contributed by atoms with Gasteiger partial charge in [0.05, 0.1) is 17.9 Å². The summed E-state index contributed by atoms with van der Waals surface area (Å²) >= 11 is 1.60. The van der Waals surface area contributed by atoms with Crippen molar-refractivity contribution in [3.05, 3.63) is 60.1 Å². The molecule has 1 aliphatic rings. The zero-order valence-corrected chi connectivity index (χ0v) is 14.3. The minimum Gasteiger partial charge on any atom is -0.320 e. The molecule has 3 aromatic heterocycles. The molecule has 24 heavy (non-hydrogen) atoms. The lowest BCUT2D eigenvalue weighted by Gasteiger charge is -2.25. The highest BCUT2D eigenvalue weighted by molar-refractivity contribution is 7.99. The quantitative estimate of drug-likeness (QED) is 0.680. The summed E-state index contributed by atoms with van der Waals surface area (Å²) in [5.74, 6) is 0. The smallest absolute Gasteiger partial charge is 0.174 e. The molecule has 0 N–H and O–H groups in total. The molecule has 0 aliphatic carbocycles. The Hall–Kier alpha value is -2.25. The van der Waals surface area contributed by atoms with Crippen LogP contribution in [-0.4, -0.2) is 43.0 Å². The maximum absolute atomic E-state index is 4.51. The first-order valence-corrected chi connectivity index (χ1v) is 8.71. The van der Waals surface area contributed by atoms with Gasteiger partial charge in [-0.1, -0.05) is 6.07 Å². The number of imidazole rings is 1. The molecule has 3 aromatic rings. The SMILES string of the molecule is CN1CCc2ncnc(Sc3nccn3Cc3ccccn3)c2C1. The average Bonchev–Trinajstić information content (AvgIpc) is 3.03. The van der Waals surface area contributed by atoms with Crippen molar-refractivity contribution in [2.24, 2.45) is 0 Å². The van der Waals surface area contributed by atoms with Crippen LogP contribution < -0.4 is 0 Å². The van der Waals surface area contributed by atoms with Crippen LogP contribution in [0, 0.1) is 0 Å². The molecule has 0 fully saturated rings. The fourth-order valence-electron chi connectivity index (χ4n) is 2.81. The van der Waals surface area contributed by atoms with Crippen LogP contribution in [0.5, 0.6) is 0 Å². The van der Waals surface area contributed by atoms with Gasteiger partial charge in [-0.15, -0.1) is 0 Å². The van der Waals surface area contributed by atoms with Gasteiger partial charge >= 0.3 is 0 Å². The Morgan fingerprint density at radius 3 is 2.96 bits per heavy atom. The lowest BCUT2D eigenvalue weighted by Crippen LogP contribution is -2.28. The van der Waals surface area contributed by atoms with Crippen LogP contribution in [0.4, 0.5) is 0 Å². The number of likely N-dealkylation sites (N-methyl/N-ethyl adjacent to an activating group) is 1. The summed E-state index contributed by atoms with van der Waals surface area (Å²) < 4.78 is 2.11. The van der Waals surface area contributed by atoms with Crippen LogP contribution in [-0.2, 0) is 19.5 Å². The van der Waals surface area contributed by atoms with Gasteiger partial charge < -0.3 is 9.47 Å². The van der Waals surface area contributed by atoms with Gasteiger partial charge in [-0.05, 0) is 30.9 Å². The zero-order chi connectivity index (χ0) is 16.4. The van der Waals surface area contributed by atoms with Crippen LogP contribution in [0.1, 0.15) is 17.0 Å². The normalized spacial score (nSPS) is 14.5. The second-order valence-electron chi connectivity index (χ2n) is 5.85. The first kappa shape index (κ1) is 15.3. The molecule has 0 unspecified atom stereocenters. The van der Waals surface area contributed by atoms with E-state index in [2.05, 4.69) is 36.5 Å². The van der Waals surface area contributed by atoms with Crippen molar-refractivity contribution in [1.82, 2.24) is 29.4 Å². The largest absolute Gasteiger partial charge is 0.320 e. The van der Waals surface area contributed by atoms with Gasteiger partial charge in [0.2, 0.25) is 0 Å². The fourth-order valence-corrected chi connectivity index (χ4v) is 3.75. The highest BCUT2D eigenvalue weighted by atomic mass is 32.2. The van der Waals surface area contributed by atoms with Gasteiger partial charge in [-0.3, -0.25) is 4.98 Å². The predicted octanol–water partition coefficient (Wildman–Crippen LogP) is 2.26. The molecule has 0 spiro atoms. The van der Waals surface area contributed by atoms with E-state index < -0.39 is 0 Å². The summed E-state index contributed by atoms with van der Waals surface area (Å²) in [5, 5.41) is 1.93. The molecule has 4 heterocycles. The van der Waals surface area contributed by atoms with Gasteiger partial charge in [-0.25, -0.2) is 15.0 Å². The number of aromatic nitrogens is 5. The van der Waals surface area contributed by atoms with Crippen molar-refractivity contribution in [1.29, 1.82) is 0 Å². The molecule has 7 heteroatoms. The molecule has 0 amide bonds. The minimum atomic E-state index is 0.705. The second kappa shape index (κ2) is 6.70. The Bertz CT molecular complexity index is 832. The molecule has 0 saturated carbocycles. The monoisotopic (exact) mass is 338 g/mol. The first-order chi connectivity index (χ1) is 11.8. The van der Waals surface area contributed by atoms with E-state index in [0.29, 0.717) is 6.54 Å². The number of pyridine rings is 1. The van der Waals surface area contributed by atoms with Gasteiger partial charge in [0.15, 0.2) is 5.16 Å². The topological polar surface area (TPSA) is 59.7 Å². The van der Waals surface area contributed by atoms with Crippen molar-refractivity contribution in [2.45, 2.75) is 29.7 Å². The van der Waals surface area contributed by atoms with E-state index in [1.165, 1.54) is 5.56 Å². The van der Waals surface area contributed by atoms with Crippen LogP contribution in [0.3, 0.4) is 0 Å². The maximum atomic E-state index is 4.51. The van der Waals surface area contributed by atoms with E-state index in [-0.39, 0.29) is 0 Å². The standard InChI is InChI=1S/C17H18N6S/c1-22-8-5-15-14(11-22)16(21-12-20-15)24-17-19-7-9-23(17)10-13-4-2-3-6-18-13/h2-4,6-7,9,12H,5,8,10-11H2,1H3. The lowest BCUT2D eigenvalue weighted by molar-refractivity contribution is 0.305. The summed E-state index contributed by atoms with van der Waals surface area (Å²) in [6, 6.07) is 5.95. The number of fused-ring (bicyclic) bond motifs is 1. The fraction of sp³-hybridized carbons (Fsp3) is 0.294. The molecule has 122 valence electrons. The second-order valence-corrected chi connectivity index (χ2v) is 6.81. The number of hydrogen-bond acceptors (Lipinski definition) is 6. The number of hydrogen-bond donors (Lipinski definition) is 0. The van der Waals surface area contributed by atoms with E-state index >= 15 is 0 Å². The Balaban J connectivity index is 1.60. The number of nitrogens with zero attached hydrogens (tertiary/aromatic N) is 6. The molecular weight excluding hydrogens is 320 g/mol. The molecule has 4 rings (SSSR count). The summed E-state index contributed by atoms with van der Waals surface area (Å²) in [5.41, 5.74) is 3.40. The summed E-state index contributed by atoms with van der Waals surface area (Å²) in [7, 11) is 2.13. The average molecular weight is 338 g/mol. The van der Waals surface area contributed by atoms with Gasteiger partial charge in [0.1, 0.15) is 11.4 Å². The van der Waals surface area contributed by atoms with Gasteiger partial charge in [-0.2, -0.15) is 0 Å². The third kappa shape index (κ3) is 3.18. The summed E-state index contributed by atoms with van der Waals surface area (Å²) in [4.78, 5) is 20.1. The van der Waals surface area contributed by atoms with Crippen LogP contribution in [0.25, 0.3) is 0 Å². The number of rotatable bonds is 4. The Kier molecular flexibility index (Phi) is 4.27. The lowest BCUT2D eigenvalue weighted by atomic mass is 10.1. The summed E-state index contributed by atoms with van der Waals surface area (Å²) in [6.45, 7) is 2.64. The van der Waals surface area contributed by atoms with Gasteiger partial charge in [0, 0.05) is 43.7 Å². The van der Waals surface area contributed by atoms with E-state index in [1.54, 1.807) is 18.1 Å². The van der Waals surface area contributed by atoms with E-state index in [0.717, 1.165) is 41.1 Å². The highest BCUT2D eigenvalue weighted by Gasteiger charge is 2.20. The summed E-state index contributed by atoms with van der Waals surface area (Å²) in [6.07, 6.45) is 8.26. The molecular formula is C17H18N6S. The van der Waals surface area contributed by atoms with E-state index in [1.807, 2.05) is 36.8 Å². The Morgan fingerprint density at radius 1 is 1.12 bits per heavy atom. The van der Waals surface area contributed by atoms with Crippen LogP contribution in [0.2, 0.25) is 0 Å². The first-order valence-electron chi connectivity index (χ1n) is 7.90. The van der Waals surface area contributed by atoms with Gasteiger partial charge in [0.25, 0.3) is 0 Å². The molecule has 6 nitrogen and oxygen atoms in total. The zero-order valence-electron chi connectivity index (χ0n) is 13.5. The van der Waals surface area contributed by atoms with Crippen molar-refractivity contribution < 1.29 is 0 Å².